The average molecular weight is 279 g/mol. The minimum absolute atomic E-state index is 0.0290. The van der Waals surface area contributed by atoms with Crippen LogP contribution in [0.15, 0.2) is 24.5 Å². The van der Waals surface area contributed by atoms with Crippen LogP contribution in [0.1, 0.15) is 33.6 Å². The molecule has 0 saturated heterocycles. The smallest absolute Gasteiger partial charge is 0.240 e. The van der Waals surface area contributed by atoms with Gasteiger partial charge in [0.15, 0.2) is 0 Å². The van der Waals surface area contributed by atoms with Crippen molar-refractivity contribution in [3.8, 4) is 0 Å². The first-order valence-corrected chi connectivity index (χ1v) is 6.96. The number of rotatable bonds is 6. The summed E-state index contributed by atoms with van der Waals surface area (Å²) in [6.07, 6.45) is 4.57. The minimum atomic E-state index is -0.755. The van der Waals surface area contributed by atoms with Crippen LogP contribution in [0.2, 0.25) is 0 Å². The van der Waals surface area contributed by atoms with Crippen LogP contribution in [0.5, 0.6) is 0 Å². The molecule has 0 spiro atoms. The number of carbonyl (C=O) groups excluding carboxylic acids is 1. The zero-order chi connectivity index (χ0) is 14.5. The number of carbonyl (C=O) groups is 1. The van der Waals surface area contributed by atoms with Crippen LogP contribution in [0, 0.1) is 5.41 Å². The van der Waals surface area contributed by atoms with Crippen molar-refractivity contribution >= 4 is 28.8 Å². The van der Waals surface area contributed by atoms with Crippen molar-refractivity contribution in [2.45, 2.75) is 33.6 Å². The maximum atomic E-state index is 12.8. The third-order valence-corrected chi connectivity index (χ3v) is 4.01. The Morgan fingerprint density at radius 1 is 1.32 bits per heavy atom. The largest absolute Gasteiger partial charge is 0.392 e. The maximum Gasteiger partial charge on any atom is 0.240 e. The second-order valence-electron chi connectivity index (χ2n) is 4.41. The normalized spacial score (nSPS) is 11.1. The first-order chi connectivity index (χ1) is 9.03. The molecule has 1 rings (SSSR count). The lowest BCUT2D eigenvalue weighted by molar-refractivity contribution is -0.125. The predicted molar refractivity (Wildman–Crippen MR) is 82.1 cm³/mol. The second kappa shape index (κ2) is 6.61. The number of hydrogen-bond acceptors (Lipinski definition) is 3. The Hall–Kier alpha value is -1.49. The molecule has 5 heteroatoms. The molecule has 0 bridgehead atoms. The van der Waals surface area contributed by atoms with Crippen LogP contribution in [0.25, 0.3) is 0 Å². The zero-order valence-corrected chi connectivity index (χ0v) is 12.5. The molecule has 2 N–H and O–H groups in total. The van der Waals surface area contributed by atoms with Gasteiger partial charge in [-0.05, 0) is 31.9 Å². The van der Waals surface area contributed by atoms with E-state index in [9.17, 15) is 4.79 Å². The molecule has 0 aliphatic rings. The van der Waals surface area contributed by atoms with E-state index in [2.05, 4.69) is 4.98 Å². The Labute approximate surface area is 120 Å². The monoisotopic (exact) mass is 279 g/mol. The fraction of sp³-hybridized carbons (Fsp3) is 0.500. The van der Waals surface area contributed by atoms with Crippen LogP contribution in [-0.2, 0) is 4.79 Å². The lowest BCUT2D eigenvalue weighted by Crippen LogP contribution is -2.50. The van der Waals surface area contributed by atoms with Crippen LogP contribution in [0.4, 0.5) is 5.69 Å². The molecule has 0 saturated carbocycles. The summed E-state index contributed by atoms with van der Waals surface area (Å²) in [6.45, 7) is 6.41. The molecular weight excluding hydrogens is 258 g/mol. The number of nitrogens with two attached hydrogens (primary N) is 1. The van der Waals surface area contributed by atoms with E-state index in [0.717, 1.165) is 5.69 Å². The fourth-order valence-corrected chi connectivity index (χ4v) is 2.61. The summed E-state index contributed by atoms with van der Waals surface area (Å²) >= 11 is 5.14. The molecule has 0 unspecified atom stereocenters. The Balaban J connectivity index is 3.18. The highest BCUT2D eigenvalue weighted by atomic mass is 32.1. The van der Waals surface area contributed by atoms with Gasteiger partial charge in [-0.15, -0.1) is 0 Å². The molecular formula is C14H21N3OS. The molecule has 0 aliphatic heterocycles. The van der Waals surface area contributed by atoms with Crippen LogP contribution in [0.3, 0.4) is 0 Å². The SMILES string of the molecule is CCN(C(=O)C(CC)(CC)C(N)=S)c1ccncc1. The third kappa shape index (κ3) is 2.92. The van der Waals surface area contributed by atoms with Gasteiger partial charge in [-0.3, -0.25) is 9.78 Å². The van der Waals surface area contributed by atoms with E-state index < -0.39 is 5.41 Å². The molecule has 0 atom stereocenters. The van der Waals surface area contributed by atoms with Crippen molar-refractivity contribution in [1.29, 1.82) is 0 Å². The van der Waals surface area contributed by atoms with Gasteiger partial charge in [0.25, 0.3) is 0 Å². The van der Waals surface area contributed by atoms with Gasteiger partial charge in [0, 0.05) is 24.6 Å². The lowest BCUT2D eigenvalue weighted by Gasteiger charge is -2.34. The van der Waals surface area contributed by atoms with Gasteiger partial charge in [0.2, 0.25) is 5.91 Å². The second-order valence-corrected chi connectivity index (χ2v) is 4.85. The number of anilines is 1. The highest BCUT2D eigenvalue weighted by Crippen LogP contribution is 2.31. The highest BCUT2D eigenvalue weighted by Gasteiger charge is 2.41. The summed E-state index contributed by atoms with van der Waals surface area (Å²) in [5.74, 6) is -0.0290. The van der Waals surface area contributed by atoms with E-state index in [1.807, 2.05) is 32.9 Å². The Bertz CT molecular complexity index is 443. The molecule has 19 heavy (non-hydrogen) atoms. The van der Waals surface area contributed by atoms with Gasteiger partial charge in [0.1, 0.15) is 0 Å². The number of aromatic nitrogens is 1. The molecule has 104 valence electrons. The van der Waals surface area contributed by atoms with E-state index in [1.165, 1.54) is 0 Å². The summed E-state index contributed by atoms with van der Waals surface area (Å²) in [5, 5.41) is 0. The van der Waals surface area contributed by atoms with Crippen molar-refractivity contribution in [3.05, 3.63) is 24.5 Å². The first-order valence-electron chi connectivity index (χ1n) is 6.55. The molecule has 4 nitrogen and oxygen atoms in total. The molecule has 1 amide bonds. The number of pyridine rings is 1. The van der Waals surface area contributed by atoms with Gasteiger partial charge < -0.3 is 10.6 Å². The molecule has 0 aliphatic carbocycles. The van der Waals surface area contributed by atoms with Gasteiger partial charge in [-0.1, -0.05) is 26.1 Å². The van der Waals surface area contributed by atoms with Gasteiger partial charge in [-0.2, -0.15) is 0 Å². The van der Waals surface area contributed by atoms with Gasteiger partial charge in [0.05, 0.1) is 10.4 Å². The van der Waals surface area contributed by atoms with Gasteiger partial charge >= 0.3 is 0 Å². The average Bonchev–Trinajstić information content (AvgIpc) is 2.42. The van der Waals surface area contributed by atoms with Crippen molar-refractivity contribution in [2.75, 3.05) is 11.4 Å². The van der Waals surface area contributed by atoms with E-state index in [4.69, 9.17) is 18.0 Å². The number of nitrogens with zero attached hydrogens (tertiary/aromatic N) is 2. The van der Waals surface area contributed by atoms with E-state index in [-0.39, 0.29) is 10.9 Å². The van der Waals surface area contributed by atoms with Crippen molar-refractivity contribution < 1.29 is 4.79 Å². The molecule has 0 fully saturated rings. The topological polar surface area (TPSA) is 59.2 Å². The van der Waals surface area contributed by atoms with E-state index in [1.54, 1.807) is 17.3 Å². The number of thiocarbonyl (C=S) groups is 1. The predicted octanol–water partition coefficient (Wildman–Crippen LogP) is 2.53. The number of hydrogen-bond donors (Lipinski definition) is 1. The summed E-state index contributed by atoms with van der Waals surface area (Å²) in [4.78, 5) is 18.8. The van der Waals surface area contributed by atoms with Crippen LogP contribution in [-0.4, -0.2) is 22.4 Å². The van der Waals surface area contributed by atoms with Crippen LogP contribution < -0.4 is 10.6 Å². The Kier molecular flexibility index (Phi) is 5.42. The third-order valence-electron chi connectivity index (χ3n) is 3.62. The van der Waals surface area contributed by atoms with Crippen molar-refractivity contribution in [1.82, 2.24) is 4.98 Å². The van der Waals surface area contributed by atoms with E-state index >= 15 is 0 Å². The first kappa shape index (κ1) is 15.6. The lowest BCUT2D eigenvalue weighted by atomic mass is 9.80. The quantitative estimate of drug-likeness (QED) is 0.813. The van der Waals surface area contributed by atoms with Crippen molar-refractivity contribution in [2.24, 2.45) is 11.1 Å². The Morgan fingerprint density at radius 3 is 2.21 bits per heavy atom. The summed E-state index contributed by atoms with van der Waals surface area (Å²) in [7, 11) is 0. The summed E-state index contributed by atoms with van der Waals surface area (Å²) in [6, 6.07) is 3.63. The summed E-state index contributed by atoms with van der Waals surface area (Å²) < 4.78 is 0. The fourth-order valence-electron chi connectivity index (χ4n) is 2.23. The maximum absolute atomic E-state index is 12.8. The molecule has 0 radical (unpaired) electrons. The minimum Gasteiger partial charge on any atom is -0.392 e. The molecule has 1 aromatic heterocycles. The van der Waals surface area contributed by atoms with Gasteiger partial charge in [-0.25, -0.2) is 0 Å². The molecule has 1 aromatic rings. The number of amides is 1. The van der Waals surface area contributed by atoms with Crippen LogP contribution >= 0.6 is 12.2 Å². The highest BCUT2D eigenvalue weighted by molar-refractivity contribution is 7.80. The zero-order valence-electron chi connectivity index (χ0n) is 11.7. The standard InChI is InChI=1S/C14H21N3OS/c1-4-14(5-2,12(15)19)13(18)17(6-3)11-7-9-16-10-8-11/h7-10H,4-6H2,1-3H3,(H2,15,19). The summed E-state index contributed by atoms with van der Waals surface area (Å²) in [5.41, 5.74) is 5.90. The van der Waals surface area contributed by atoms with Crippen molar-refractivity contribution in [3.63, 3.8) is 0 Å². The van der Waals surface area contributed by atoms with E-state index in [0.29, 0.717) is 19.4 Å². The Morgan fingerprint density at radius 2 is 1.84 bits per heavy atom. The molecule has 1 heterocycles. The molecule has 0 aromatic carbocycles.